The summed E-state index contributed by atoms with van der Waals surface area (Å²) in [6.45, 7) is 3.55. The molecule has 2 aromatic heterocycles. The van der Waals surface area contributed by atoms with E-state index in [1.54, 1.807) is 6.07 Å². The van der Waals surface area contributed by atoms with Gasteiger partial charge in [0.15, 0.2) is 0 Å². The van der Waals surface area contributed by atoms with Crippen molar-refractivity contribution >= 4 is 17.3 Å². The van der Waals surface area contributed by atoms with Crippen LogP contribution in [0.2, 0.25) is 0 Å². The van der Waals surface area contributed by atoms with Crippen molar-refractivity contribution in [2.45, 2.75) is 26.4 Å². The lowest BCUT2D eigenvalue weighted by Gasteiger charge is -1.99. The summed E-state index contributed by atoms with van der Waals surface area (Å²) in [6.07, 6.45) is 2.49. The fourth-order valence-electron chi connectivity index (χ4n) is 1.71. The van der Waals surface area contributed by atoms with Gasteiger partial charge in [-0.1, -0.05) is 6.92 Å². The second-order valence-electron chi connectivity index (χ2n) is 4.12. The fraction of sp³-hybridized carbons (Fsp3) is 0.357. The first-order valence-corrected chi connectivity index (χ1v) is 6.98. The number of nitrogens with one attached hydrogen (secondary N) is 1. The van der Waals surface area contributed by atoms with Gasteiger partial charge in [-0.25, -0.2) is 4.79 Å². The molecule has 0 saturated carbocycles. The molecule has 0 aromatic carbocycles. The summed E-state index contributed by atoms with van der Waals surface area (Å²) < 4.78 is 9.91. The van der Waals surface area contributed by atoms with Crippen molar-refractivity contribution in [1.82, 2.24) is 5.32 Å². The number of carbonyl (C=O) groups is 1. The van der Waals surface area contributed by atoms with Crippen molar-refractivity contribution in [1.29, 1.82) is 0 Å². The predicted molar refractivity (Wildman–Crippen MR) is 74.3 cm³/mol. The summed E-state index contributed by atoms with van der Waals surface area (Å²) in [7, 11) is 1.36. The van der Waals surface area contributed by atoms with E-state index in [-0.39, 0.29) is 5.97 Å². The van der Waals surface area contributed by atoms with Gasteiger partial charge in [0.25, 0.3) is 0 Å². The average molecular weight is 279 g/mol. The van der Waals surface area contributed by atoms with E-state index in [2.05, 4.69) is 29.1 Å². The summed E-state index contributed by atoms with van der Waals surface area (Å²) >= 11 is 1.81. The van der Waals surface area contributed by atoms with E-state index in [0.717, 1.165) is 18.7 Å². The van der Waals surface area contributed by atoms with Crippen molar-refractivity contribution in [2.24, 2.45) is 0 Å². The number of hydrogen-bond acceptors (Lipinski definition) is 5. The number of aryl methyl sites for hydroxylation is 1. The van der Waals surface area contributed by atoms with Gasteiger partial charge in [-0.15, -0.1) is 11.3 Å². The van der Waals surface area contributed by atoms with Crippen LogP contribution in [0.1, 0.15) is 32.8 Å². The van der Waals surface area contributed by atoms with E-state index in [1.165, 1.54) is 23.1 Å². The quantitative estimate of drug-likeness (QED) is 0.826. The third-order valence-corrected chi connectivity index (χ3v) is 3.97. The van der Waals surface area contributed by atoms with Crippen LogP contribution in [0.5, 0.6) is 0 Å². The third-order valence-electron chi connectivity index (χ3n) is 2.74. The minimum atomic E-state index is -0.374. The lowest BCUT2D eigenvalue weighted by Crippen LogP contribution is -2.11. The lowest BCUT2D eigenvalue weighted by molar-refractivity contribution is 0.0600. The zero-order chi connectivity index (χ0) is 13.7. The van der Waals surface area contributed by atoms with Crippen LogP contribution in [0.4, 0.5) is 0 Å². The van der Waals surface area contributed by atoms with Gasteiger partial charge in [-0.2, -0.15) is 0 Å². The van der Waals surface area contributed by atoms with Crippen LogP contribution in [0.3, 0.4) is 0 Å². The molecule has 0 amide bonds. The maximum atomic E-state index is 11.3. The number of hydrogen-bond donors (Lipinski definition) is 1. The van der Waals surface area contributed by atoms with Gasteiger partial charge in [-0.3, -0.25) is 0 Å². The summed E-state index contributed by atoms with van der Waals surface area (Å²) in [6, 6.07) is 5.99. The first-order chi connectivity index (χ1) is 9.22. The van der Waals surface area contributed by atoms with Crippen molar-refractivity contribution in [3.63, 3.8) is 0 Å². The molecule has 2 aromatic rings. The normalized spacial score (nSPS) is 10.6. The molecule has 2 rings (SSSR count). The van der Waals surface area contributed by atoms with Crippen LogP contribution in [0.25, 0.3) is 0 Å². The summed E-state index contributed by atoms with van der Waals surface area (Å²) in [5.41, 5.74) is 0.448. The van der Waals surface area contributed by atoms with Crippen LogP contribution < -0.4 is 5.32 Å². The molecule has 4 nitrogen and oxygen atoms in total. The Morgan fingerprint density at radius 2 is 2.16 bits per heavy atom. The number of methoxy groups -OCH3 is 1. The average Bonchev–Trinajstić information content (AvgIpc) is 3.07. The number of carbonyl (C=O) groups excluding carboxylic acids is 1. The van der Waals surface area contributed by atoms with Crippen molar-refractivity contribution < 1.29 is 13.9 Å². The minimum absolute atomic E-state index is 0.374. The Morgan fingerprint density at radius 1 is 1.37 bits per heavy atom. The molecule has 0 atom stereocenters. The maximum Gasteiger partial charge on any atom is 0.341 e. The van der Waals surface area contributed by atoms with E-state index in [4.69, 9.17) is 4.42 Å². The topological polar surface area (TPSA) is 51.5 Å². The van der Waals surface area contributed by atoms with Crippen LogP contribution in [-0.4, -0.2) is 13.1 Å². The van der Waals surface area contributed by atoms with E-state index < -0.39 is 0 Å². The Labute approximate surface area is 116 Å². The van der Waals surface area contributed by atoms with Gasteiger partial charge < -0.3 is 14.5 Å². The second-order valence-corrected chi connectivity index (χ2v) is 5.37. The lowest BCUT2D eigenvalue weighted by atomic mass is 10.3. The highest BCUT2D eigenvalue weighted by Crippen LogP contribution is 2.17. The van der Waals surface area contributed by atoms with Gasteiger partial charge in [0.2, 0.25) is 0 Å². The molecule has 1 N–H and O–H groups in total. The number of thiophene rings is 1. The standard InChI is InChI=1S/C14H17NO3S/c1-3-12-4-5-13(19-12)8-15-7-11-6-10(9-18-11)14(16)17-2/h4-6,9,15H,3,7-8H2,1-2H3. The SMILES string of the molecule is CCc1ccc(CNCc2cc(C(=O)OC)co2)s1. The van der Waals surface area contributed by atoms with Gasteiger partial charge in [-0.05, 0) is 24.6 Å². The molecule has 0 unspecified atom stereocenters. The molecule has 0 spiro atoms. The van der Waals surface area contributed by atoms with Gasteiger partial charge >= 0.3 is 5.97 Å². The van der Waals surface area contributed by atoms with Gasteiger partial charge in [0, 0.05) is 16.3 Å². The molecule has 102 valence electrons. The molecule has 0 aliphatic carbocycles. The van der Waals surface area contributed by atoms with Crippen molar-refractivity contribution in [3.8, 4) is 0 Å². The third kappa shape index (κ3) is 3.68. The van der Waals surface area contributed by atoms with Crippen LogP contribution >= 0.6 is 11.3 Å². The fourth-order valence-corrected chi connectivity index (χ4v) is 2.64. The largest absolute Gasteiger partial charge is 0.467 e. The smallest absolute Gasteiger partial charge is 0.341 e. The molecule has 0 bridgehead atoms. The second kappa shape index (κ2) is 6.54. The Morgan fingerprint density at radius 3 is 2.84 bits per heavy atom. The molecule has 19 heavy (non-hydrogen) atoms. The number of rotatable bonds is 6. The molecule has 0 aliphatic rings. The summed E-state index contributed by atoms with van der Waals surface area (Å²) in [4.78, 5) is 14.0. The molecule has 0 aliphatic heterocycles. The van der Waals surface area contributed by atoms with Crippen LogP contribution in [0, 0.1) is 0 Å². The first-order valence-electron chi connectivity index (χ1n) is 6.17. The Balaban J connectivity index is 1.82. The van der Waals surface area contributed by atoms with Crippen molar-refractivity contribution in [2.75, 3.05) is 7.11 Å². The molecular weight excluding hydrogens is 262 g/mol. The Kier molecular flexibility index (Phi) is 4.76. The molecule has 0 fully saturated rings. The van der Waals surface area contributed by atoms with Crippen LogP contribution in [0.15, 0.2) is 28.9 Å². The molecule has 0 saturated heterocycles. The zero-order valence-electron chi connectivity index (χ0n) is 11.1. The predicted octanol–water partition coefficient (Wildman–Crippen LogP) is 2.98. The van der Waals surface area contributed by atoms with Crippen molar-refractivity contribution in [3.05, 3.63) is 45.5 Å². The number of furan rings is 1. The number of esters is 1. The summed E-state index contributed by atoms with van der Waals surface area (Å²) in [5, 5.41) is 3.29. The van der Waals surface area contributed by atoms with E-state index in [0.29, 0.717) is 12.1 Å². The molecule has 0 radical (unpaired) electrons. The zero-order valence-corrected chi connectivity index (χ0v) is 11.9. The van der Waals surface area contributed by atoms with E-state index in [9.17, 15) is 4.79 Å². The van der Waals surface area contributed by atoms with E-state index >= 15 is 0 Å². The number of ether oxygens (including phenoxy) is 1. The first kappa shape index (κ1) is 13.8. The Bertz CT molecular complexity index is 544. The molecule has 5 heteroatoms. The maximum absolute atomic E-state index is 11.3. The highest BCUT2D eigenvalue weighted by molar-refractivity contribution is 7.11. The van der Waals surface area contributed by atoms with Gasteiger partial charge in [0.05, 0.1) is 19.2 Å². The molecule has 2 heterocycles. The minimum Gasteiger partial charge on any atom is -0.467 e. The van der Waals surface area contributed by atoms with Gasteiger partial charge in [0.1, 0.15) is 12.0 Å². The highest BCUT2D eigenvalue weighted by atomic mass is 32.1. The van der Waals surface area contributed by atoms with Crippen LogP contribution in [-0.2, 0) is 24.2 Å². The highest BCUT2D eigenvalue weighted by Gasteiger charge is 2.09. The monoisotopic (exact) mass is 279 g/mol. The molecular formula is C14H17NO3S. The van der Waals surface area contributed by atoms with E-state index in [1.807, 2.05) is 11.3 Å². The Hall–Kier alpha value is -1.59. The summed E-state index contributed by atoms with van der Waals surface area (Å²) in [5.74, 6) is 0.355.